The summed E-state index contributed by atoms with van der Waals surface area (Å²) in [4.78, 5) is 1.28. The fourth-order valence-corrected chi connectivity index (χ4v) is 4.41. The minimum Gasteiger partial charge on any atom is -0.370 e. The van der Waals surface area contributed by atoms with E-state index in [2.05, 4.69) is 9.62 Å². The summed E-state index contributed by atoms with van der Waals surface area (Å²) in [6, 6.07) is 11.0. The summed E-state index contributed by atoms with van der Waals surface area (Å²) in [6.07, 6.45) is -1.64. The minimum absolute atomic E-state index is 0.284. The Labute approximate surface area is 150 Å². The number of piperidine rings is 1. The van der Waals surface area contributed by atoms with Gasteiger partial charge < -0.3 is 4.90 Å². The van der Waals surface area contributed by atoms with Crippen molar-refractivity contribution in [2.45, 2.75) is 30.3 Å². The second-order valence-electron chi connectivity index (χ2n) is 6.16. The molecule has 1 aliphatic heterocycles. The lowest BCUT2D eigenvalue weighted by molar-refractivity contribution is -0.139. The van der Waals surface area contributed by atoms with Crippen LogP contribution in [-0.4, -0.2) is 21.5 Å². The number of para-hydroxylation sites is 2. The largest absolute Gasteiger partial charge is 0.417 e. The second-order valence-corrected chi connectivity index (χ2v) is 7.82. The topological polar surface area (TPSA) is 49.4 Å². The van der Waals surface area contributed by atoms with E-state index in [0.717, 1.165) is 44.5 Å². The van der Waals surface area contributed by atoms with Crippen molar-refractivity contribution in [2.75, 3.05) is 22.7 Å². The van der Waals surface area contributed by atoms with Gasteiger partial charge in [0.05, 0.1) is 21.8 Å². The van der Waals surface area contributed by atoms with Gasteiger partial charge in [0.25, 0.3) is 10.0 Å². The maximum absolute atomic E-state index is 13.2. The third-order valence-electron chi connectivity index (χ3n) is 4.33. The van der Waals surface area contributed by atoms with Crippen molar-refractivity contribution in [2.24, 2.45) is 0 Å². The molecule has 0 amide bonds. The SMILES string of the molecule is O=S(=O)(Nc1ccccc1N1CCCCC1)c1ccccc1C(F)(F)F. The molecular weight excluding hydrogens is 365 g/mol. The molecule has 0 unspecified atom stereocenters. The smallest absolute Gasteiger partial charge is 0.370 e. The number of anilines is 2. The molecule has 0 atom stereocenters. The molecule has 26 heavy (non-hydrogen) atoms. The van der Waals surface area contributed by atoms with Gasteiger partial charge in [-0.15, -0.1) is 0 Å². The zero-order valence-electron chi connectivity index (χ0n) is 14.0. The first-order chi connectivity index (χ1) is 12.3. The predicted octanol–water partition coefficient (Wildman–Crippen LogP) is 4.50. The number of nitrogens with zero attached hydrogens (tertiary/aromatic N) is 1. The predicted molar refractivity (Wildman–Crippen MR) is 94.8 cm³/mol. The molecule has 0 bridgehead atoms. The van der Waals surface area contributed by atoms with Gasteiger partial charge in [-0.1, -0.05) is 24.3 Å². The molecule has 1 N–H and O–H groups in total. The monoisotopic (exact) mass is 384 g/mol. The highest BCUT2D eigenvalue weighted by atomic mass is 32.2. The Morgan fingerprint density at radius 1 is 0.885 bits per heavy atom. The van der Waals surface area contributed by atoms with Gasteiger partial charge in [0.1, 0.15) is 0 Å². The van der Waals surface area contributed by atoms with Gasteiger partial charge in [-0.2, -0.15) is 13.2 Å². The Morgan fingerprint density at radius 3 is 2.19 bits per heavy atom. The van der Waals surface area contributed by atoms with Gasteiger partial charge in [-0.05, 0) is 43.5 Å². The van der Waals surface area contributed by atoms with Crippen LogP contribution < -0.4 is 9.62 Å². The highest BCUT2D eigenvalue weighted by Crippen LogP contribution is 2.36. The van der Waals surface area contributed by atoms with E-state index in [0.29, 0.717) is 5.69 Å². The summed E-state index contributed by atoms with van der Waals surface area (Å²) in [6.45, 7) is 1.58. The van der Waals surface area contributed by atoms with E-state index in [1.807, 2.05) is 0 Å². The molecule has 2 aromatic rings. The zero-order valence-corrected chi connectivity index (χ0v) is 14.8. The van der Waals surface area contributed by atoms with Gasteiger partial charge >= 0.3 is 6.18 Å². The van der Waals surface area contributed by atoms with E-state index in [4.69, 9.17) is 0 Å². The van der Waals surface area contributed by atoms with Crippen LogP contribution in [0.2, 0.25) is 0 Å². The lowest BCUT2D eigenvalue weighted by Gasteiger charge is -2.30. The summed E-state index contributed by atoms with van der Waals surface area (Å²) in [5.74, 6) is 0. The molecule has 1 fully saturated rings. The number of rotatable bonds is 4. The Hall–Kier alpha value is -2.22. The summed E-state index contributed by atoms with van der Waals surface area (Å²) in [5.41, 5.74) is -0.213. The van der Waals surface area contributed by atoms with Crippen molar-refractivity contribution in [1.29, 1.82) is 0 Å². The van der Waals surface area contributed by atoms with E-state index in [1.54, 1.807) is 24.3 Å². The molecule has 0 spiro atoms. The molecule has 2 aromatic carbocycles. The number of hydrogen-bond acceptors (Lipinski definition) is 3. The number of halogens is 3. The first kappa shape index (κ1) is 18.6. The van der Waals surface area contributed by atoms with E-state index in [1.165, 1.54) is 12.1 Å². The lowest BCUT2D eigenvalue weighted by atomic mass is 10.1. The van der Waals surface area contributed by atoms with Crippen molar-refractivity contribution >= 4 is 21.4 Å². The van der Waals surface area contributed by atoms with Gasteiger partial charge in [0.2, 0.25) is 0 Å². The maximum atomic E-state index is 13.2. The van der Waals surface area contributed by atoms with Gasteiger partial charge in [-0.3, -0.25) is 4.72 Å². The molecule has 1 saturated heterocycles. The van der Waals surface area contributed by atoms with E-state index < -0.39 is 26.7 Å². The van der Waals surface area contributed by atoms with Gasteiger partial charge in [-0.25, -0.2) is 8.42 Å². The summed E-state index contributed by atoms with van der Waals surface area (Å²) in [5, 5.41) is 0. The number of nitrogens with one attached hydrogen (secondary N) is 1. The third kappa shape index (κ3) is 3.95. The average Bonchev–Trinajstić information content (AvgIpc) is 2.62. The Kier molecular flexibility index (Phi) is 5.13. The molecule has 3 rings (SSSR count). The lowest BCUT2D eigenvalue weighted by Crippen LogP contribution is -2.30. The van der Waals surface area contributed by atoms with Crippen molar-refractivity contribution in [1.82, 2.24) is 0 Å². The van der Waals surface area contributed by atoms with Crippen LogP contribution in [-0.2, 0) is 16.2 Å². The molecule has 8 heteroatoms. The van der Waals surface area contributed by atoms with Crippen molar-refractivity contribution in [3.05, 3.63) is 54.1 Å². The minimum atomic E-state index is -4.75. The van der Waals surface area contributed by atoms with Crippen LogP contribution >= 0.6 is 0 Å². The molecule has 0 aromatic heterocycles. The summed E-state index contributed by atoms with van der Waals surface area (Å²) >= 11 is 0. The highest BCUT2D eigenvalue weighted by molar-refractivity contribution is 7.92. The van der Waals surface area contributed by atoms with Crippen LogP contribution in [0.4, 0.5) is 24.5 Å². The highest BCUT2D eigenvalue weighted by Gasteiger charge is 2.37. The summed E-state index contributed by atoms with van der Waals surface area (Å²) in [7, 11) is -4.38. The number of hydrogen-bond donors (Lipinski definition) is 1. The number of benzene rings is 2. The van der Waals surface area contributed by atoms with Gasteiger partial charge in [0, 0.05) is 13.1 Å². The molecule has 1 heterocycles. The standard InChI is InChI=1S/C18H19F3N2O2S/c19-18(20,21)14-8-2-5-11-17(14)26(24,25)22-15-9-3-4-10-16(15)23-12-6-1-7-13-23/h2-5,8-11,22H,1,6-7,12-13H2. The third-order valence-corrected chi connectivity index (χ3v) is 5.75. The average molecular weight is 384 g/mol. The normalized spacial score (nSPS) is 15.7. The van der Waals surface area contributed by atoms with E-state index >= 15 is 0 Å². The van der Waals surface area contributed by atoms with Crippen LogP contribution in [0, 0.1) is 0 Å². The van der Waals surface area contributed by atoms with Crippen molar-refractivity contribution in [3.63, 3.8) is 0 Å². The van der Waals surface area contributed by atoms with E-state index in [9.17, 15) is 21.6 Å². The number of sulfonamides is 1. The molecule has 4 nitrogen and oxygen atoms in total. The first-order valence-corrected chi connectivity index (χ1v) is 9.80. The fourth-order valence-electron chi connectivity index (χ4n) is 3.11. The zero-order chi connectivity index (χ0) is 18.8. The van der Waals surface area contributed by atoms with Crippen LogP contribution in [0.5, 0.6) is 0 Å². The fraction of sp³-hybridized carbons (Fsp3) is 0.333. The van der Waals surface area contributed by atoms with Crippen molar-refractivity contribution < 1.29 is 21.6 Å². The Balaban J connectivity index is 1.97. The maximum Gasteiger partial charge on any atom is 0.417 e. The Bertz CT molecular complexity index is 876. The van der Waals surface area contributed by atoms with Crippen LogP contribution in [0.25, 0.3) is 0 Å². The molecule has 1 aliphatic rings. The Morgan fingerprint density at radius 2 is 1.50 bits per heavy atom. The van der Waals surface area contributed by atoms with Crippen LogP contribution in [0.15, 0.2) is 53.4 Å². The number of alkyl halides is 3. The van der Waals surface area contributed by atoms with E-state index in [-0.39, 0.29) is 5.69 Å². The molecular formula is C18H19F3N2O2S. The molecule has 0 saturated carbocycles. The molecule has 140 valence electrons. The molecule has 0 radical (unpaired) electrons. The van der Waals surface area contributed by atoms with Crippen molar-refractivity contribution in [3.8, 4) is 0 Å². The summed E-state index contributed by atoms with van der Waals surface area (Å²) < 4.78 is 67.3. The quantitative estimate of drug-likeness (QED) is 0.845. The van der Waals surface area contributed by atoms with Gasteiger partial charge in [0.15, 0.2) is 0 Å². The van der Waals surface area contributed by atoms with Crippen LogP contribution in [0.3, 0.4) is 0 Å². The first-order valence-electron chi connectivity index (χ1n) is 8.32. The second kappa shape index (κ2) is 7.19. The van der Waals surface area contributed by atoms with Crippen LogP contribution in [0.1, 0.15) is 24.8 Å². The molecule has 0 aliphatic carbocycles.